The lowest BCUT2D eigenvalue weighted by Gasteiger charge is -2.07. The topological polar surface area (TPSA) is 108 Å². The first-order chi connectivity index (χ1) is 12.5. The SMILES string of the molecule is Cc1cc(C(F)(F)F)nn1CCCNC(=O)Cn1nc([N+](=O)[O-])c(Br)c1C. The average Bonchev–Trinajstić information content (AvgIpc) is 3.06. The molecule has 0 saturated carbocycles. The van der Waals surface area contributed by atoms with Gasteiger partial charge >= 0.3 is 12.0 Å². The highest BCUT2D eigenvalue weighted by Gasteiger charge is 2.34. The normalized spacial score (nSPS) is 11.6. The molecule has 0 atom stereocenters. The minimum atomic E-state index is -4.50. The van der Waals surface area contributed by atoms with Crippen LogP contribution in [0.2, 0.25) is 0 Å². The zero-order chi connectivity index (χ0) is 20.4. The van der Waals surface area contributed by atoms with Gasteiger partial charge in [0.05, 0.1) is 10.8 Å². The average molecular weight is 453 g/mol. The molecule has 0 aliphatic rings. The Kier molecular flexibility index (Phi) is 6.23. The zero-order valence-electron chi connectivity index (χ0n) is 14.4. The van der Waals surface area contributed by atoms with E-state index in [1.807, 2.05) is 0 Å². The van der Waals surface area contributed by atoms with Crippen molar-refractivity contribution in [3.05, 3.63) is 37.7 Å². The van der Waals surface area contributed by atoms with Crippen LogP contribution < -0.4 is 5.32 Å². The fourth-order valence-corrected chi connectivity index (χ4v) is 2.73. The second-order valence-corrected chi connectivity index (χ2v) is 6.53. The molecule has 0 bridgehead atoms. The Balaban J connectivity index is 1.85. The lowest BCUT2D eigenvalue weighted by atomic mass is 10.3. The van der Waals surface area contributed by atoms with Crippen molar-refractivity contribution in [1.82, 2.24) is 24.9 Å². The van der Waals surface area contributed by atoms with E-state index in [0.717, 1.165) is 6.07 Å². The Morgan fingerprint density at radius 2 is 2.00 bits per heavy atom. The highest BCUT2D eigenvalue weighted by atomic mass is 79.9. The number of alkyl halides is 3. The summed E-state index contributed by atoms with van der Waals surface area (Å²) in [5.74, 6) is -0.800. The van der Waals surface area contributed by atoms with Gasteiger partial charge < -0.3 is 15.4 Å². The van der Waals surface area contributed by atoms with Gasteiger partial charge in [0, 0.05) is 18.8 Å². The minimum Gasteiger partial charge on any atom is -0.358 e. The van der Waals surface area contributed by atoms with Crippen molar-refractivity contribution in [3.63, 3.8) is 0 Å². The lowest BCUT2D eigenvalue weighted by Crippen LogP contribution is -2.29. The van der Waals surface area contributed by atoms with Gasteiger partial charge in [-0.3, -0.25) is 9.48 Å². The van der Waals surface area contributed by atoms with Crippen LogP contribution in [0.15, 0.2) is 10.5 Å². The third-order valence-corrected chi connectivity index (χ3v) is 4.65. The molecule has 1 N–H and O–H groups in total. The smallest absolute Gasteiger partial charge is 0.358 e. The van der Waals surface area contributed by atoms with Gasteiger partial charge in [-0.15, -0.1) is 0 Å². The van der Waals surface area contributed by atoms with Gasteiger partial charge in [-0.25, -0.2) is 0 Å². The molecule has 2 heterocycles. The molecule has 1 amide bonds. The largest absolute Gasteiger partial charge is 0.435 e. The van der Waals surface area contributed by atoms with Crippen molar-refractivity contribution in [2.24, 2.45) is 0 Å². The predicted molar refractivity (Wildman–Crippen MR) is 90.9 cm³/mol. The van der Waals surface area contributed by atoms with Crippen LogP contribution in [0.5, 0.6) is 0 Å². The fraction of sp³-hybridized carbons (Fsp3) is 0.500. The standard InChI is InChI=1S/C14H16BrF3N6O3/c1-8-6-10(14(16,17)18)20-22(8)5-3-4-19-11(25)7-23-9(2)12(15)13(21-23)24(26)27/h6H,3-5,7H2,1-2H3,(H,19,25). The molecule has 0 aromatic carbocycles. The first kappa shape index (κ1) is 20.9. The van der Waals surface area contributed by atoms with E-state index in [0.29, 0.717) is 17.8 Å². The lowest BCUT2D eigenvalue weighted by molar-refractivity contribution is -0.390. The maximum atomic E-state index is 12.6. The van der Waals surface area contributed by atoms with E-state index >= 15 is 0 Å². The molecular formula is C14H16BrF3N6O3. The molecule has 2 aromatic rings. The third-order valence-electron chi connectivity index (χ3n) is 3.72. The van der Waals surface area contributed by atoms with Gasteiger partial charge in [-0.05, 0) is 47.2 Å². The Morgan fingerprint density at radius 1 is 1.33 bits per heavy atom. The molecule has 0 radical (unpaired) electrons. The number of aromatic nitrogens is 4. The highest BCUT2D eigenvalue weighted by molar-refractivity contribution is 9.10. The molecule has 0 saturated heterocycles. The van der Waals surface area contributed by atoms with Crippen LogP contribution in [-0.2, 0) is 24.1 Å². The van der Waals surface area contributed by atoms with E-state index in [-0.39, 0.29) is 29.9 Å². The van der Waals surface area contributed by atoms with Crippen LogP contribution in [0, 0.1) is 24.0 Å². The van der Waals surface area contributed by atoms with E-state index in [1.54, 1.807) is 6.92 Å². The summed E-state index contributed by atoms with van der Waals surface area (Å²) in [6.07, 6.45) is -4.13. The Bertz CT molecular complexity index is 861. The van der Waals surface area contributed by atoms with Crippen LogP contribution in [0.3, 0.4) is 0 Å². The summed E-state index contributed by atoms with van der Waals surface area (Å²) < 4.78 is 40.5. The summed E-state index contributed by atoms with van der Waals surface area (Å²) in [4.78, 5) is 22.1. The summed E-state index contributed by atoms with van der Waals surface area (Å²) in [5, 5.41) is 20.7. The first-order valence-electron chi connectivity index (χ1n) is 7.76. The fourth-order valence-electron chi connectivity index (χ4n) is 2.30. The number of amides is 1. The van der Waals surface area contributed by atoms with Gasteiger partial charge in [-0.1, -0.05) is 0 Å². The van der Waals surface area contributed by atoms with Crippen molar-refractivity contribution in [3.8, 4) is 0 Å². The number of carbonyl (C=O) groups excluding carboxylic acids is 1. The Morgan fingerprint density at radius 3 is 2.52 bits per heavy atom. The number of aryl methyl sites for hydroxylation is 2. The molecule has 13 heteroatoms. The van der Waals surface area contributed by atoms with Crippen LogP contribution in [0.1, 0.15) is 23.5 Å². The van der Waals surface area contributed by atoms with Gasteiger partial charge in [-0.2, -0.15) is 23.0 Å². The van der Waals surface area contributed by atoms with Crippen molar-refractivity contribution in [2.75, 3.05) is 6.54 Å². The molecule has 0 fully saturated rings. The van der Waals surface area contributed by atoms with Crippen LogP contribution in [-0.4, -0.2) is 36.9 Å². The molecule has 0 spiro atoms. The van der Waals surface area contributed by atoms with Crippen molar-refractivity contribution in [1.29, 1.82) is 0 Å². The number of nitro groups is 1. The highest BCUT2D eigenvalue weighted by Crippen LogP contribution is 2.28. The summed E-state index contributed by atoms with van der Waals surface area (Å²) in [6, 6.07) is 0.962. The molecule has 27 heavy (non-hydrogen) atoms. The Labute approximate surface area is 159 Å². The Hall–Kier alpha value is -2.44. The summed E-state index contributed by atoms with van der Waals surface area (Å²) >= 11 is 3.06. The maximum Gasteiger partial charge on any atom is 0.435 e. The molecule has 2 aromatic heterocycles. The number of hydrogen-bond donors (Lipinski definition) is 1. The number of nitrogens with one attached hydrogen (secondary N) is 1. The van der Waals surface area contributed by atoms with E-state index < -0.39 is 22.7 Å². The van der Waals surface area contributed by atoms with Crippen LogP contribution in [0.4, 0.5) is 19.0 Å². The van der Waals surface area contributed by atoms with Crippen molar-refractivity contribution < 1.29 is 22.9 Å². The number of halogens is 4. The van der Waals surface area contributed by atoms with Gasteiger partial charge in [0.25, 0.3) is 0 Å². The second kappa shape index (κ2) is 8.06. The van der Waals surface area contributed by atoms with Crippen molar-refractivity contribution in [2.45, 2.75) is 39.5 Å². The van der Waals surface area contributed by atoms with Gasteiger partial charge in [0.2, 0.25) is 5.91 Å². The number of rotatable bonds is 7. The van der Waals surface area contributed by atoms with E-state index in [4.69, 9.17) is 0 Å². The molecule has 2 rings (SSSR count). The number of carbonyl (C=O) groups is 1. The van der Waals surface area contributed by atoms with E-state index in [2.05, 4.69) is 31.4 Å². The summed E-state index contributed by atoms with van der Waals surface area (Å²) in [5.41, 5.74) is -0.146. The summed E-state index contributed by atoms with van der Waals surface area (Å²) in [6.45, 7) is 3.31. The van der Waals surface area contributed by atoms with E-state index in [1.165, 1.54) is 16.3 Å². The molecule has 0 aliphatic heterocycles. The summed E-state index contributed by atoms with van der Waals surface area (Å²) in [7, 11) is 0. The first-order valence-corrected chi connectivity index (χ1v) is 8.55. The minimum absolute atomic E-state index is 0.204. The van der Waals surface area contributed by atoms with Crippen LogP contribution in [0.25, 0.3) is 0 Å². The molecule has 0 aliphatic carbocycles. The monoisotopic (exact) mass is 452 g/mol. The van der Waals surface area contributed by atoms with Crippen molar-refractivity contribution >= 4 is 27.7 Å². The second-order valence-electron chi connectivity index (χ2n) is 5.73. The quantitative estimate of drug-likeness (QED) is 0.394. The zero-order valence-corrected chi connectivity index (χ0v) is 16.0. The third kappa shape index (κ3) is 5.05. The predicted octanol–water partition coefficient (Wildman–Crippen LogP) is 2.59. The van der Waals surface area contributed by atoms with Gasteiger partial charge in [0.15, 0.2) is 5.69 Å². The van der Waals surface area contributed by atoms with E-state index in [9.17, 15) is 28.1 Å². The molecule has 9 nitrogen and oxygen atoms in total. The van der Waals surface area contributed by atoms with Crippen LogP contribution >= 0.6 is 15.9 Å². The number of hydrogen-bond acceptors (Lipinski definition) is 5. The molecular weight excluding hydrogens is 437 g/mol. The number of nitrogens with zero attached hydrogens (tertiary/aromatic N) is 5. The maximum absolute atomic E-state index is 12.6. The molecule has 0 unspecified atom stereocenters. The van der Waals surface area contributed by atoms with Gasteiger partial charge in [0.1, 0.15) is 11.0 Å². The molecule has 148 valence electrons.